The molecule has 0 N–H and O–H groups in total. The lowest BCUT2D eigenvalue weighted by atomic mass is 10.1. The Labute approximate surface area is 116 Å². The largest absolute Gasteiger partial charge is 0.338 e. The molecule has 0 saturated carbocycles. The van der Waals surface area contributed by atoms with Gasteiger partial charge in [0.1, 0.15) is 11.2 Å². The molecule has 5 nitrogen and oxygen atoms in total. The van der Waals surface area contributed by atoms with E-state index < -0.39 is 0 Å². The molecule has 104 valence electrons. The summed E-state index contributed by atoms with van der Waals surface area (Å²) in [5.74, 6) is -0.196. The number of amides is 1. The molecule has 20 heavy (non-hydrogen) atoms. The first kappa shape index (κ1) is 12.8. The first-order valence-corrected chi connectivity index (χ1v) is 6.95. The van der Waals surface area contributed by atoms with Crippen LogP contribution in [-0.2, 0) is 0 Å². The highest BCUT2D eigenvalue weighted by Crippen LogP contribution is 2.12. The van der Waals surface area contributed by atoms with Gasteiger partial charge in [0.05, 0.1) is 0 Å². The molecule has 5 heteroatoms. The fourth-order valence-corrected chi connectivity index (χ4v) is 2.66. The zero-order valence-corrected chi connectivity index (χ0v) is 11.5. The first-order valence-electron chi connectivity index (χ1n) is 6.95. The maximum Gasteiger partial charge on any atom is 0.270 e. The number of fused-ring (bicyclic) bond motifs is 1. The lowest BCUT2D eigenvalue weighted by molar-refractivity contribution is 0.0722. The van der Waals surface area contributed by atoms with Crippen LogP contribution in [0.4, 0.5) is 0 Å². The standard InChI is InChI=1S/C15H17N3O2/c1-11-6-5-9-18-13(11)16-10-12(15(18)20)14(19)17-7-3-2-4-8-17/h5-6,9-10H,2-4,7-8H2,1H3. The predicted molar refractivity (Wildman–Crippen MR) is 76.0 cm³/mol. The SMILES string of the molecule is Cc1cccn2c(=O)c(C(=O)N3CCCCC3)cnc12. The van der Waals surface area contributed by atoms with E-state index in [9.17, 15) is 9.59 Å². The van der Waals surface area contributed by atoms with Crippen LogP contribution in [0, 0.1) is 6.92 Å². The van der Waals surface area contributed by atoms with Gasteiger partial charge in [-0.2, -0.15) is 0 Å². The number of pyridine rings is 1. The van der Waals surface area contributed by atoms with Crippen molar-refractivity contribution in [1.29, 1.82) is 0 Å². The number of nitrogens with zero attached hydrogens (tertiary/aromatic N) is 3. The van der Waals surface area contributed by atoms with Gasteiger partial charge in [-0.05, 0) is 37.8 Å². The lowest BCUT2D eigenvalue weighted by Crippen LogP contribution is -2.39. The molecular weight excluding hydrogens is 254 g/mol. The number of aromatic nitrogens is 2. The lowest BCUT2D eigenvalue weighted by Gasteiger charge is -2.26. The van der Waals surface area contributed by atoms with E-state index in [0.29, 0.717) is 5.65 Å². The van der Waals surface area contributed by atoms with Crippen molar-refractivity contribution in [3.05, 3.63) is 46.0 Å². The molecule has 2 aromatic heterocycles. The van der Waals surface area contributed by atoms with Crippen molar-refractivity contribution in [2.24, 2.45) is 0 Å². The van der Waals surface area contributed by atoms with E-state index in [0.717, 1.165) is 37.9 Å². The van der Waals surface area contributed by atoms with Crippen molar-refractivity contribution >= 4 is 11.6 Å². The first-order chi connectivity index (χ1) is 9.68. The Morgan fingerprint density at radius 3 is 2.75 bits per heavy atom. The molecule has 1 aliphatic rings. The summed E-state index contributed by atoms with van der Waals surface area (Å²) in [4.78, 5) is 30.9. The minimum Gasteiger partial charge on any atom is -0.338 e. The molecule has 3 rings (SSSR count). The molecule has 0 bridgehead atoms. The van der Waals surface area contributed by atoms with E-state index in [2.05, 4.69) is 4.98 Å². The summed E-state index contributed by atoms with van der Waals surface area (Å²) in [6, 6.07) is 3.69. The van der Waals surface area contributed by atoms with Crippen molar-refractivity contribution in [2.45, 2.75) is 26.2 Å². The highest BCUT2D eigenvalue weighted by Gasteiger charge is 2.21. The second-order valence-corrected chi connectivity index (χ2v) is 5.21. The average Bonchev–Trinajstić information content (AvgIpc) is 2.49. The number of hydrogen-bond donors (Lipinski definition) is 0. The number of carbonyl (C=O) groups excluding carboxylic acids is 1. The smallest absolute Gasteiger partial charge is 0.270 e. The monoisotopic (exact) mass is 271 g/mol. The Morgan fingerprint density at radius 2 is 2.00 bits per heavy atom. The molecule has 1 fully saturated rings. The van der Waals surface area contributed by atoms with Gasteiger partial charge in [0, 0.05) is 25.5 Å². The van der Waals surface area contributed by atoms with Crippen LogP contribution in [-0.4, -0.2) is 33.3 Å². The fourth-order valence-electron chi connectivity index (χ4n) is 2.66. The third-order valence-electron chi connectivity index (χ3n) is 3.80. The Hall–Kier alpha value is -2.17. The van der Waals surface area contributed by atoms with E-state index in [1.165, 1.54) is 10.6 Å². The third-order valence-corrected chi connectivity index (χ3v) is 3.80. The van der Waals surface area contributed by atoms with Crippen molar-refractivity contribution < 1.29 is 4.79 Å². The summed E-state index contributed by atoms with van der Waals surface area (Å²) < 4.78 is 1.45. The molecule has 0 atom stereocenters. The molecule has 0 aromatic carbocycles. The number of rotatable bonds is 1. The summed E-state index contributed by atoms with van der Waals surface area (Å²) in [7, 11) is 0. The van der Waals surface area contributed by atoms with E-state index in [1.807, 2.05) is 13.0 Å². The minimum atomic E-state index is -0.283. The van der Waals surface area contributed by atoms with E-state index >= 15 is 0 Å². The van der Waals surface area contributed by atoms with Gasteiger partial charge < -0.3 is 4.90 Å². The quantitative estimate of drug-likeness (QED) is 0.792. The summed E-state index contributed by atoms with van der Waals surface area (Å²) >= 11 is 0. The topological polar surface area (TPSA) is 54.7 Å². The maximum atomic E-state index is 12.4. The van der Waals surface area contributed by atoms with Crippen LogP contribution in [0.5, 0.6) is 0 Å². The number of piperidine rings is 1. The Morgan fingerprint density at radius 1 is 1.25 bits per heavy atom. The highest BCUT2D eigenvalue weighted by molar-refractivity contribution is 5.93. The molecule has 3 heterocycles. The highest BCUT2D eigenvalue weighted by atomic mass is 16.2. The van der Waals surface area contributed by atoms with Crippen LogP contribution in [0.25, 0.3) is 5.65 Å². The van der Waals surface area contributed by atoms with Gasteiger partial charge in [-0.3, -0.25) is 14.0 Å². The molecular formula is C15H17N3O2. The number of carbonyl (C=O) groups is 1. The van der Waals surface area contributed by atoms with Crippen LogP contribution in [0.1, 0.15) is 35.2 Å². The Balaban J connectivity index is 2.06. The second-order valence-electron chi connectivity index (χ2n) is 5.21. The third kappa shape index (κ3) is 2.09. The summed E-state index contributed by atoms with van der Waals surface area (Å²) in [5.41, 5.74) is 1.40. The molecule has 0 radical (unpaired) electrons. The molecule has 1 aliphatic heterocycles. The van der Waals surface area contributed by atoms with E-state index in [1.54, 1.807) is 17.2 Å². The summed E-state index contributed by atoms with van der Waals surface area (Å²) in [5, 5.41) is 0. The molecule has 0 spiro atoms. The fraction of sp³-hybridized carbons (Fsp3) is 0.400. The van der Waals surface area contributed by atoms with Crippen LogP contribution >= 0.6 is 0 Å². The van der Waals surface area contributed by atoms with Gasteiger partial charge >= 0.3 is 0 Å². The van der Waals surface area contributed by atoms with Gasteiger partial charge in [0.15, 0.2) is 0 Å². The second kappa shape index (κ2) is 5.07. The zero-order chi connectivity index (χ0) is 14.1. The van der Waals surface area contributed by atoms with Crippen LogP contribution in [0.2, 0.25) is 0 Å². The zero-order valence-electron chi connectivity index (χ0n) is 11.5. The van der Waals surface area contributed by atoms with E-state index in [4.69, 9.17) is 0 Å². The van der Waals surface area contributed by atoms with Crippen LogP contribution in [0.15, 0.2) is 29.3 Å². The number of likely N-dealkylation sites (tertiary alicyclic amines) is 1. The van der Waals surface area contributed by atoms with Crippen molar-refractivity contribution in [2.75, 3.05) is 13.1 Å². The molecule has 1 saturated heterocycles. The number of aryl methyl sites for hydroxylation is 1. The van der Waals surface area contributed by atoms with Gasteiger partial charge in [0.2, 0.25) is 0 Å². The van der Waals surface area contributed by atoms with Crippen molar-refractivity contribution in [1.82, 2.24) is 14.3 Å². The van der Waals surface area contributed by atoms with Gasteiger partial charge in [-0.1, -0.05) is 6.07 Å². The molecule has 1 amide bonds. The van der Waals surface area contributed by atoms with E-state index in [-0.39, 0.29) is 17.0 Å². The van der Waals surface area contributed by atoms with Crippen LogP contribution < -0.4 is 5.56 Å². The maximum absolute atomic E-state index is 12.4. The normalized spacial score (nSPS) is 15.6. The number of hydrogen-bond acceptors (Lipinski definition) is 3. The van der Waals surface area contributed by atoms with Gasteiger partial charge in [0.25, 0.3) is 11.5 Å². The Kier molecular flexibility index (Phi) is 3.26. The van der Waals surface area contributed by atoms with Crippen LogP contribution in [0.3, 0.4) is 0 Å². The molecule has 2 aromatic rings. The summed E-state index contributed by atoms with van der Waals surface area (Å²) in [6.45, 7) is 3.36. The van der Waals surface area contributed by atoms with Gasteiger partial charge in [-0.15, -0.1) is 0 Å². The minimum absolute atomic E-state index is 0.162. The predicted octanol–water partition coefficient (Wildman–Crippen LogP) is 1.63. The van der Waals surface area contributed by atoms with Gasteiger partial charge in [-0.25, -0.2) is 4.98 Å². The summed E-state index contributed by atoms with van der Waals surface area (Å²) in [6.07, 6.45) is 6.24. The average molecular weight is 271 g/mol. The Bertz CT molecular complexity index is 715. The molecule has 0 aliphatic carbocycles. The molecule has 0 unspecified atom stereocenters. The van der Waals surface area contributed by atoms with Crippen molar-refractivity contribution in [3.8, 4) is 0 Å². The van der Waals surface area contributed by atoms with Crippen molar-refractivity contribution in [3.63, 3.8) is 0 Å².